The Morgan fingerprint density at radius 3 is 2.17 bits per heavy atom. The van der Waals surface area contributed by atoms with Gasteiger partial charge in [0.1, 0.15) is 11.5 Å². The van der Waals surface area contributed by atoms with E-state index in [2.05, 4.69) is 5.32 Å². The van der Waals surface area contributed by atoms with E-state index < -0.39 is 17.6 Å². The summed E-state index contributed by atoms with van der Waals surface area (Å²) in [6.45, 7) is 3.91. The molecule has 0 aromatic heterocycles. The van der Waals surface area contributed by atoms with E-state index >= 15 is 0 Å². The minimum absolute atomic E-state index is 0.165. The van der Waals surface area contributed by atoms with Gasteiger partial charge in [0, 0.05) is 10.7 Å². The van der Waals surface area contributed by atoms with Crippen LogP contribution in [-0.4, -0.2) is 11.8 Å². The molecular weight excluding hydrogens is 403 g/mol. The molecule has 150 valence electrons. The number of hydrogen-bond donors (Lipinski definition) is 1. The molecule has 2 amide bonds. The molecule has 4 nitrogen and oxygen atoms in total. The maximum absolute atomic E-state index is 13.4. The van der Waals surface area contributed by atoms with Crippen LogP contribution >= 0.6 is 11.6 Å². The molecule has 30 heavy (non-hydrogen) atoms. The van der Waals surface area contributed by atoms with Crippen molar-refractivity contribution in [3.8, 4) is 0 Å². The Morgan fingerprint density at radius 2 is 1.53 bits per heavy atom. The average molecular weight is 421 g/mol. The lowest BCUT2D eigenvalue weighted by Gasteiger charge is -2.16. The number of aryl methyl sites for hydroxylation is 2. The number of imide groups is 1. The van der Waals surface area contributed by atoms with Crippen LogP contribution in [0.4, 0.5) is 15.8 Å². The number of amides is 2. The Morgan fingerprint density at radius 1 is 0.867 bits per heavy atom. The topological polar surface area (TPSA) is 49.4 Å². The van der Waals surface area contributed by atoms with Crippen LogP contribution in [-0.2, 0) is 9.59 Å². The zero-order chi connectivity index (χ0) is 21.4. The summed E-state index contributed by atoms with van der Waals surface area (Å²) in [6, 6.07) is 17.8. The minimum atomic E-state index is -0.503. The third kappa shape index (κ3) is 3.60. The molecule has 0 radical (unpaired) electrons. The Labute approximate surface area is 178 Å². The normalized spacial score (nSPS) is 13.9. The summed E-state index contributed by atoms with van der Waals surface area (Å²) < 4.78 is 13.4. The van der Waals surface area contributed by atoms with E-state index in [1.807, 2.05) is 32.0 Å². The number of benzene rings is 3. The van der Waals surface area contributed by atoms with Crippen LogP contribution < -0.4 is 10.2 Å². The van der Waals surface area contributed by atoms with Crippen LogP contribution in [0.5, 0.6) is 0 Å². The quantitative estimate of drug-likeness (QED) is 0.567. The number of hydrogen-bond acceptors (Lipinski definition) is 3. The molecule has 0 fully saturated rings. The highest BCUT2D eigenvalue weighted by Gasteiger charge is 2.40. The zero-order valence-electron chi connectivity index (χ0n) is 16.4. The van der Waals surface area contributed by atoms with Crippen molar-refractivity contribution >= 4 is 40.4 Å². The Hall–Kier alpha value is -3.44. The Bertz CT molecular complexity index is 1180. The number of anilines is 2. The fraction of sp³-hybridized carbons (Fsp3) is 0.0833. The zero-order valence-corrected chi connectivity index (χ0v) is 17.1. The maximum Gasteiger partial charge on any atom is 0.282 e. The van der Waals surface area contributed by atoms with Crippen molar-refractivity contribution in [3.63, 3.8) is 0 Å². The largest absolute Gasteiger partial charge is 0.350 e. The van der Waals surface area contributed by atoms with E-state index in [-0.39, 0.29) is 11.3 Å². The summed E-state index contributed by atoms with van der Waals surface area (Å²) in [5.41, 5.74) is 4.03. The summed E-state index contributed by atoms with van der Waals surface area (Å²) in [6.07, 6.45) is 0. The first-order valence-electron chi connectivity index (χ1n) is 9.34. The number of nitrogens with one attached hydrogen (secondary N) is 1. The predicted molar refractivity (Wildman–Crippen MR) is 117 cm³/mol. The van der Waals surface area contributed by atoms with Crippen molar-refractivity contribution in [2.75, 3.05) is 10.2 Å². The molecule has 1 N–H and O–H groups in total. The highest BCUT2D eigenvalue weighted by molar-refractivity contribution is 6.46. The van der Waals surface area contributed by atoms with Crippen molar-refractivity contribution in [3.05, 3.63) is 100.0 Å². The van der Waals surface area contributed by atoms with Crippen LogP contribution in [0.15, 0.2) is 72.4 Å². The first-order valence-corrected chi connectivity index (χ1v) is 9.72. The van der Waals surface area contributed by atoms with Crippen LogP contribution in [0.2, 0.25) is 5.02 Å². The molecule has 3 aromatic carbocycles. The van der Waals surface area contributed by atoms with Gasteiger partial charge >= 0.3 is 0 Å². The lowest BCUT2D eigenvalue weighted by molar-refractivity contribution is -0.120. The van der Waals surface area contributed by atoms with E-state index in [0.29, 0.717) is 16.3 Å². The first-order chi connectivity index (χ1) is 14.3. The van der Waals surface area contributed by atoms with E-state index in [1.54, 1.807) is 24.3 Å². The van der Waals surface area contributed by atoms with E-state index in [0.717, 1.165) is 21.7 Å². The van der Waals surface area contributed by atoms with Gasteiger partial charge in [0.05, 0.1) is 11.3 Å². The third-order valence-corrected chi connectivity index (χ3v) is 5.20. The van der Waals surface area contributed by atoms with Gasteiger partial charge in [0.2, 0.25) is 0 Å². The number of halogens is 2. The van der Waals surface area contributed by atoms with Crippen LogP contribution in [0, 0.1) is 19.7 Å². The summed E-state index contributed by atoms with van der Waals surface area (Å²) in [5, 5.41) is 3.67. The van der Waals surface area contributed by atoms with Gasteiger partial charge in [0.25, 0.3) is 11.8 Å². The van der Waals surface area contributed by atoms with E-state index in [1.165, 1.54) is 24.3 Å². The molecule has 3 aromatic rings. The van der Waals surface area contributed by atoms with Crippen molar-refractivity contribution in [1.82, 2.24) is 0 Å². The monoisotopic (exact) mass is 420 g/mol. The highest BCUT2D eigenvalue weighted by atomic mass is 35.5. The summed E-state index contributed by atoms with van der Waals surface area (Å²) >= 11 is 6.00. The first kappa shape index (κ1) is 19.9. The molecule has 1 heterocycles. The fourth-order valence-electron chi connectivity index (χ4n) is 3.44. The molecule has 0 saturated carbocycles. The molecule has 0 aliphatic carbocycles. The van der Waals surface area contributed by atoms with Gasteiger partial charge in [-0.2, -0.15) is 0 Å². The summed E-state index contributed by atoms with van der Waals surface area (Å²) in [7, 11) is 0. The summed E-state index contributed by atoms with van der Waals surface area (Å²) in [4.78, 5) is 27.7. The SMILES string of the molecule is Cc1ccc(NC2=C(c3ccc(Cl)cc3)C(=O)N(c3ccc(F)cc3)C2=O)c(C)c1. The second-order valence-electron chi connectivity index (χ2n) is 7.12. The molecule has 0 unspecified atom stereocenters. The van der Waals surface area contributed by atoms with E-state index in [4.69, 9.17) is 11.6 Å². The van der Waals surface area contributed by atoms with Gasteiger partial charge in [-0.15, -0.1) is 0 Å². The van der Waals surface area contributed by atoms with Gasteiger partial charge in [-0.25, -0.2) is 9.29 Å². The molecule has 1 aliphatic rings. The maximum atomic E-state index is 13.4. The molecule has 1 aliphatic heterocycles. The number of carbonyl (C=O) groups excluding carboxylic acids is 2. The molecule has 0 bridgehead atoms. The van der Waals surface area contributed by atoms with Gasteiger partial charge in [-0.05, 0) is 67.4 Å². The molecular formula is C24H18ClFN2O2. The van der Waals surface area contributed by atoms with Gasteiger partial charge in [-0.3, -0.25) is 9.59 Å². The number of rotatable bonds is 4. The van der Waals surface area contributed by atoms with E-state index in [9.17, 15) is 14.0 Å². The van der Waals surface area contributed by atoms with Crippen LogP contribution in [0.1, 0.15) is 16.7 Å². The number of nitrogens with zero attached hydrogens (tertiary/aromatic N) is 1. The molecule has 0 spiro atoms. The van der Waals surface area contributed by atoms with Crippen LogP contribution in [0.3, 0.4) is 0 Å². The third-order valence-electron chi connectivity index (χ3n) is 4.94. The number of carbonyl (C=O) groups is 2. The second-order valence-corrected chi connectivity index (χ2v) is 7.56. The lowest BCUT2D eigenvalue weighted by Crippen LogP contribution is -2.32. The molecule has 0 atom stereocenters. The molecule has 4 rings (SSSR count). The lowest BCUT2D eigenvalue weighted by atomic mass is 10.0. The van der Waals surface area contributed by atoms with Crippen LogP contribution in [0.25, 0.3) is 5.57 Å². The summed E-state index contributed by atoms with van der Waals surface area (Å²) in [5.74, 6) is -1.44. The molecule has 0 saturated heterocycles. The Balaban J connectivity index is 1.83. The van der Waals surface area contributed by atoms with Crippen molar-refractivity contribution in [2.45, 2.75) is 13.8 Å². The second kappa shape index (κ2) is 7.76. The minimum Gasteiger partial charge on any atom is -0.350 e. The Kier molecular flexibility index (Phi) is 5.14. The van der Waals surface area contributed by atoms with Gasteiger partial charge in [0.15, 0.2) is 0 Å². The van der Waals surface area contributed by atoms with Gasteiger partial charge in [-0.1, -0.05) is 41.4 Å². The highest BCUT2D eigenvalue weighted by Crippen LogP contribution is 2.34. The van der Waals surface area contributed by atoms with Crippen molar-refractivity contribution in [1.29, 1.82) is 0 Å². The van der Waals surface area contributed by atoms with Gasteiger partial charge < -0.3 is 5.32 Å². The predicted octanol–water partition coefficient (Wildman–Crippen LogP) is 5.49. The fourth-order valence-corrected chi connectivity index (χ4v) is 3.57. The van der Waals surface area contributed by atoms with Crippen molar-refractivity contribution < 1.29 is 14.0 Å². The molecule has 6 heteroatoms. The average Bonchev–Trinajstić information content (AvgIpc) is 2.95. The smallest absolute Gasteiger partial charge is 0.282 e. The standard InChI is InChI=1S/C24H18ClFN2O2/c1-14-3-12-20(15(2)13-14)27-22-21(16-4-6-17(25)7-5-16)23(29)28(24(22)30)19-10-8-18(26)9-11-19/h3-13,27H,1-2H3. The van der Waals surface area contributed by atoms with Crippen molar-refractivity contribution in [2.24, 2.45) is 0 Å².